The van der Waals surface area contributed by atoms with Crippen molar-refractivity contribution in [2.45, 2.75) is 45.1 Å². The van der Waals surface area contributed by atoms with Crippen molar-refractivity contribution in [2.24, 2.45) is 0 Å². The Morgan fingerprint density at radius 1 is 1.28 bits per heavy atom. The van der Waals surface area contributed by atoms with E-state index in [1.807, 2.05) is 37.3 Å². The number of carbonyl (C=O) groups excluding carboxylic acids is 1. The van der Waals surface area contributed by atoms with Gasteiger partial charge in [0.25, 0.3) is 0 Å². The van der Waals surface area contributed by atoms with Crippen molar-refractivity contribution < 1.29 is 9.53 Å². The number of rotatable bonds is 7. The molecule has 0 bridgehead atoms. The van der Waals surface area contributed by atoms with Gasteiger partial charge in [-0.25, -0.2) is 4.79 Å². The Labute approximate surface area is 110 Å². The van der Waals surface area contributed by atoms with Crippen LogP contribution in [0.5, 0.6) is 0 Å². The summed E-state index contributed by atoms with van der Waals surface area (Å²) in [5.74, 6) is -0.206. The fourth-order valence-electron chi connectivity index (χ4n) is 2.01. The highest BCUT2D eigenvalue weighted by molar-refractivity contribution is 5.83. The number of ether oxygens (including phenoxy) is 1. The van der Waals surface area contributed by atoms with Crippen LogP contribution in [0.15, 0.2) is 30.3 Å². The molecular weight excluding hydrogens is 226 g/mol. The van der Waals surface area contributed by atoms with Gasteiger partial charge in [0.1, 0.15) is 5.54 Å². The first kappa shape index (κ1) is 14.6. The molecular formula is C15H23NO2. The predicted octanol–water partition coefficient (Wildman–Crippen LogP) is 3.61. The van der Waals surface area contributed by atoms with Crippen molar-refractivity contribution in [2.75, 3.05) is 12.4 Å². The first-order valence-corrected chi connectivity index (χ1v) is 6.54. The summed E-state index contributed by atoms with van der Waals surface area (Å²) in [7, 11) is 1.44. The number of para-hydroxylation sites is 1. The first-order chi connectivity index (χ1) is 8.62. The van der Waals surface area contributed by atoms with Crippen LogP contribution in [0.3, 0.4) is 0 Å². The molecule has 1 atom stereocenters. The summed E-state index contributed by atoms with van der Waals surface area (Å²) in [5, 5.41) is 3.29. The first-order valence-electron chi connectivity index (χ1n) is 6.54. The lowest BCUT2D eigenvalue weighted by molar-refractivity contribution is -0.145. The molecule has 1 rings (SSSR count). The summed E-state index contributed by atoms with van der Waals surface area (Å²) in [6.45, 7) is 4.06. The Morgan fingerprint density at radius 3 is 2.50 bits per heavy atom. The van der Waals surface area contributed by atoms with Crippen LogP contribution in [0.1, 0.15) is 39.5 Å². The van der Waals surface area contributed by atoms with E-state index >= 15 is 0 Å². The maximum absolute atomic E-state index is 11.9. The van der Waals surface area contributed by atoms with Crippen molar-refractivity contribution in [1.82, 2.24) is 0 Å². The van der Waals surface area contributed by atoms with Gasteiger partial charge in [-0.2, -0.15) is 0 Å². The Hall–Kier alpha value is -1.51. The minimum absolute atomic E-state index is 0.206. The van der Waals surface area contributed by atoms with Crippen molar-refractivity contribution in [3.05, 3.63) is 30.3 Å². The maximum atomic E-state index is 11.9. The highest BCUT2D eigenvalue weighted by Gasteiger charge is 2.33. The van der Waals surface area contributed by atoms with E-state index in [0.717, 1.165) is 31.4 Å². The summed E-state index contributed by atoms with van der Waals surface area (Å²) in [4.78, 5) is 11.9. The van der Waals surface area contributed by atoms with Gasteiger partial charge in [-0.15, -0.1) is 0 Å². The highest BCUT2D eigenvalue weighted by atomic mass is 16.5. The van der Waals surface area contributed by atoms with Gasteiger partial charge in [0.15, 0.2) is 0 Å². The second kappa shape index (κ2) is 7.04. The van der Waals surface area contributed by atoms with E-state index in [9.17, 15) is 4.79 Å². The number of esters is 1. The number of hydrogen-bond acceptors (Lipinski definition) is 3. The monoisotopic (exact) mass is 249 g/mol. The molecule has 3 nitrogen and oxygen atoms in total. The van der Waals surface area contributed by atoms with Crippen molar-refractivity contribution in [3.63, 3.8) is 0 Å². The second-order valence-electron chi connectivity index (χ2n) is 4.77. The quantitative estimate of drug-likeness (QED) is 0.592. The predicted molar refractivity (Wildman–Crippen MR) is 74.6 cm³/mol. The molecule has 0 saturated carbocycles. The van der Waals surface area contributed by atoms with Gasteiger partial charge < -0.3 is 10.1 Å². The zero-order valence-electron chi connectivity index (χ0n) is 11.5. The van der Waals surface area contributed by atoms with Gasteiger partial charge in [0.05, 0.1) is 7.11 Å². The lowest BCUT2D eigenvalue weighted by Gasteiger charge is -2.29. The van der Waals surface area contributed by atoms with E-state index in [4.69, 9.17) is 4.74 Å². The molecule has 1 aromatic rings. The summed E-state index contributed by atoms with van der Waals surface area (Å²) in [6.07, 6.45) is 4.07. The third-order valence-electron chi connectivity index (χ3n) is 3.11. The molecule has 1 N–H and O–H groups in total. The van der Waals surface area contributed by atoms with Gasteiger partial charge in [-0.05, 0) is 25.5 Å². The van der Waals surface area contributed by atoms with Gasteiger partial charge >= 0.3 is 5.97 Å². The lowest BCUT2D eigenvalue weighted by atomic mass is 9.94. The molecule has 0 aliphatic heterocycles. The van der Waals surface area contributed by atoms with E-state index < -0.39 is 5.54 Å². The Morgan fingerprint density at radius 2 is 1.94 bits per heavy atom. The van der Waals surface area contributed by atoms with Crippen LogP contribution in [-0.2, 0) is 9.53 Å². The number of nitrogens with one attached hydrogen (secondary N) is 1. The molecule has 0 aromatic heterocycles. The molecule has 0 radical (unpaired) electrons. The zero-order chi connectivity index (χ0) is 13.4. The molecule has 0 aliphatic rings. The fraction of sp³-hybridized carbons (Fsp3) is 0.533. The van der Waals surface area contributed by atoms with E-state index in [1.54, 1.807) is 0 Å². The average molecular weight is 249 g/mol. The Balaban J connectivity index is 2.74. The van der Waals surface area contributed by atoms with E-state index in [2.05, 4.69) is 12.2 Å². The molecule has 3 heteroatoms. The standard InChI is InChI=1S/C15H23NO2/c1-4-5-9-12-15(2,14(17)18-3)16-13-10-7-6-8-11-13/h6-8,10-11,16H,4-5,9,12H2,1-3H3. The average Bonchev–Trinajstić information content (AvgIpc) is 2.39. The number of methoxy groups -OCH3 is 1. The minimum Gasteiger partial charge on any atom is -0.467 e. The molecule has 0 amide bonds. The van der Waals surface area contributed by atoms with Gasteiger partial charge in [0, 0.05) is 5.69 Å². The molecule has 0 heterocycles. The molecule has 0 saturated heterocycles. The number of unbranched alkanes of at least 4 members (excludes halogenated alkanes) is 2. The van der Waals surface area contributed by atoms with Crippen molar-refractivity contribution in [1.29, 1.82) is 0 Å². The van der Waals surface area contributed by atoms with Crippen LogP contribution >= 0.6 is 0 Å². The van der Waals surface area contributed by atoms with Crippen molar-refractivity contribution >= 4 is 11.7 Å². The van der Waals surface area contributed by atoms with E-state index in [0.29, 0.717) is 0 Å². The van der Waals surface area contributed by atoms with Crippen LogP contribution in [0.25, 0.3) is 0 Å². The minimum atomic E-state index is -0.648. The van der Waals surface area contributed by atoms with Crippen molar-refractivity contribution in [3.8, 4) is 0 Å². The fourth-order valence-corrected chi connectivity index (χ4v) is 2.01. The molecule has 0 aliphatic carbocycles. The largest absolute Gasteiger partial charge is 0.467 e. The van der Waals surface area contributed by atoms with Crippen LogP contribution in [0, 0.1) is 0 Å². The van der Waals surface area contributed by atoms with Gasteiger partial charge in [-0.3, -0.25) is 0 Å². The number of carbonyl (C=O) groups is 1. The summed E-state index contributed by atoms with van der Waals surface area (Å²) < 4.78 is 4.92. The maximum Gasteiger partial charge on any atom is 0.331 e. The molecule has 1 unspecified atom stereocenters. The smallest absolute Gasteiger partial charge is 0.331 e. The van der Waals surface area contributed by atoms with Gasteiger partial charge in [-0.1, -0.05) is 44.4 Å². The number of hydrogen-bond donors (Lipinski definition) is 1. The Kier molecular flexibility index (Phi) is 5.69. The third kappa shape index (κ3) is 4.06. The second-order valence-corrected chi connectivity index (χ2v) is 4.77. The van der Waals surface area contributed by atoms with Crippen LogP contribution in [-0.4, -0.2) is 18.6 Å². The van der Waals surface area contributed by atoms with E-state index in [1.165, 1.54) is 7.11 Å². The lowest BCUT2D eigenvalue weighted by Crippen LogP contribution is -2.44. The summed E-state index contributed by atoms with van der Waals surface area (Å²) in [6, 6.07) is 9.78. The number of benzene rings is 1. The van der Waals surface area contributed by atoms with Crippen LogP contribution < -0.4 is 5.32 Å². The highest BCUT2D eigenvalue weighted by Crippen LogP contribution is 2.22. The molecule has 0 spiro atoms. The normalized spacial score (nSPS) is 13.7. The SMILES string of the molecule is CCCCCC(C)(Nc1ccccc1)C(=O)OC. The number of anilines is 1. The third-order valence-corrected chi connectivity index (χ3v) is 3.11. The van der Waals surface area contributed by atoms with E-state index in [-0.39, 0.29) is 5.97 Å². The molecule has 0 fully saturated rings. The topological polar surface area (TPSA) is 38.3 Å². The molecule has 1 aromatic carbocycles. The Bertz CT molecular complexity index is 364. The van der Waals surface area contributed by atoms with Crippen LogP contribution in [0.4, 0.5) is 5.69 Å². The van der Waals surface area contributed by atoms with Crippen LogP contribution in [0.2, 0.25) is 0 Å². The zero-order valence-corrected chi connectivity index (χ0v) is 11.5. The summed E-state index contributed by atoms with van der Waals surface area (Å²) in [5.41, 5.74) is 0.299. The summed E-state index contributed by atoms with van der Waals surface area (Å²) >= 11 is 0. The molecule has 100 valence electrons. The van der Waals surface area contributed by atoms with Gasteiger partial charge in [0.2, 0.25) is 0 Å². The molecule has 18 heavy (non-hydrogen) atoms.